The molecular weight excluding hydrogens is 258 g/mol. The van der Waals surface area contributed by atoms with Crippen LogP contribution in [0.2, 0.25) is 0 Å². The number of aromatic carboxylic acids is 1. The molecule has 0 spiro atoms. The van der Waals surface area contributed by atoms with Crippen molar-refractivity contribution in [2.75, 3.05) is 6.54 Å². The van der Waals surface area contributed by atoms with Crippen LogP contribution in [0.25, 0.3) is 0 Å². The number of nitrogens with zero attached hydrogens (tertiary/aromatic N) is 2. The Kier molecular flexibility index (Phi) is 7.39. The first-order valence-corrected chi connectivity index (χ1v) is 7.15. The Balaban J connectivity index is 2.10. The van der Waals surface area contributed by atoms with Crippen LogP contribution < -0.4 is 5.32 Å². The molecule has 0 bridgehead atoms. The summed E-state index contributed by atoms with van der Waals surface area (Å²) in [4.78, 5) is 25.9. The van der Waals surface area contributed by atoms with Crippen molar-refractivity contribution in [2.45, 2.75) is 52.0 Å². The van der Waals surface area contributed by atoms with Crippen LogP contribution in [0.4, 0.5) is 0 Å². The van der Waals surface area contributed by atoms with Gasteiger partial charge in [0.2, 0.25) is 5.91 Å². The maximum absolute atomic E-state index is 11.5. The Labute approximate surface area is 119 Å². The Morgan fingerprint density at radius 1 is 1.30 bits per heavy atom. The second-order valence-electron chi connectivity index (χ2n) is 4.82. The summed E-state index contributed by atoms with van der Waals surface area (Å²) < 4.78 is 1.66. The number of imidazole rings is 1. The standard InChI is InChI=1S/C14H23N3O3/c1-2-3-4-5-6-7-13(18)15-8-9-17-10-12(14(19)20)16-11-17/h10-11H,2-9H2,1H3,(H,15,18)(H,19,20). The first-order chi connectivity index (χ1) is 9.63. The van der Waals surface area contributed by atoms with Crippen molar-refractivity contribution in [3.8, 4) is 0 Å². The number of amides is 1. The summed E-state index contributed by atoms with van der Waals surface area (Å²) >= 11 is 0. The number of carboxylic acid groups (broad SMARTS) is 1. The van der Waals surface area contributed by atoms with Crippen molar-refractivity contribution in [1.29, 1.82) is 0 Å². The summed E-state index contributed by atoms with van der Waals surface area (Å²) in [6.07, 6.45) is 9.14. The van der Waals surface area contributed by atoms with Crippen molar-refractivity contribution in [3.63, 3.8) is 0 Å². The molecule has 6 nitrogen and oxygen atoms in total. The lowest BCUT2D eigenvalue weighted by molar-refractivity contribution is -0.121. The molecular formula is C14H23N3O3. The van der Waals surface area contributed by atoms with Gasteiger partial charge in [0.15, 0.2) is 5.69 Å². The van der Waals surface area contributed by atoms with Crippen molar-refractivity contribution in [3.05, 3.63) is 18.2 Å². The maximum atomic E-state index is 11.5. The lowest BCUT2D eigenvalue weighted by Gasteiger charge is -2.05. The molecule has 6 heteroatoms. The number of rotatable bonds is 10. The first-order valence-electron chi connectivity index (χ1n) is 7.15. The predicted octanol–water partition coefficient (Wildman–Crippen LogP) is 2.06. The molecule has 0 fully saturated rings. The van der Waals surface area contributed by atoms with Gasteiger partial charge in [0, 0.05) is 25.7 Å². The lowest BCUT2D eigenvalue weighted by Crippen LogP contribution is -2.26. The molecule has 1 amide bonds. The van der Waals surface area contributed by atoms with Gasteiger partial charge in [-0.2, -0.15) is 0 Å². The van der Waals surface area contributed by atoms with Crippen LogP contribution >= 0.6 is 0 Å². The van der Waals surface area contributed by atoms with Gasteiger partial charge in [0.05, 0.1) is 6.33 Å². The summed E-state index contributed by atoms with van der Waals surface area (Å²) in [5, 5.41) is 11.6. The molecule has 0 aliphatic carbocycles. The molecule has 1 aromatic rings. The predicted molar refractivity (Wildman–Crippen MR) is 75.6 cm³/mol. The summed E-state index contributed by atoms with van der Waals surface area (Å²) in [6.45, 7) is 3.18. The minimum atomic E-state index is -1.04. The van der Waals surface area contributed by atoms with Crippen molar-refractivity contribution in [2.24, 2.45) is 0 Å². The zero-order valence-electron chi connectivity index (χ0n) is 12.0. The van der Waals surface area contributed by atoms with Crippen molar-refractivity contribution < 1.29 is 14.7 Å². The van der Waals surface area contributed by atoms with Gasteiger partial charge in [-0.05, 0) is 6.42 Å². The summed E-state index contributed by atoms with van der Waals surface area (Å²) in [7, 11) is 0. The second kappa shape index (κ2) is 9.12. The van der Waals surface area contributed by atoms with E-state index in [0.717, 1.165) is 12.8 Å². The van der Waals surface area contributed by atoms with E-state index in [2.05, 4.69) is 17.2 Å². The minimum Gasteiger partial charge on any atom is -0.476 e. The Morgan fingerprint density at radius 2 is 2.05 bits per heavy atom. The maximum Gasteiger partial charge on any atom is 0.356 e. The summed E-state index contributed by atoms with van der Waals surface area (Å²) in [5.41, 5.74) is 0.0206. The lowest BCUT2D eigenvalue weighted by atomic mass is 10.1. The third kappa shape index (κ3) is 6.36. The number of hydrogen-bond acceptors (Lipinski definition) is 3. The highest BCUT2D eigenvalue weighted by Crippen LogP contribution is 2.04. The quantitative estimate of drug-likeness (QED) is 0.643. The molecule has 0 saturated carbocycles. The highest BCUT2D eigenvalue weighted by Gasteiger charge is 2.06. The average Bonchev–Trinajstić information content (AvgIpc) is 2.87. The van der Waals surface area contributed by atoms with Crippen molar-refractivity contribution >= 4 is 11.9 Å². The molecule has 1 rings (SSSR count). The zero-order valence-corrected chi connectivity index (χ0v) is 12.0. The van der Waals surface area contributed by atoms with E-state index in [-0.39, 0.29) is 11.6 Å². The fourth-order valence-electron chi connectivity index (χ4n) is 1.89. The molecule has 112 valence electrons. The highest BCUT2D eigenvalue weighted by atomic mass is 16.4. The number of unbranched alkanes of at least 4 members (excludes halogenated alkanes) is 4. The molecule has 1 aromatic heterocycles. The minimum absolute atomic E-state index is 0.0206. The number of nitrogens with one attached hydrogen (secondary N) is 1. The number of hydrogen-bond donors (Lipinski definition) is 2. The number of aromatic nitrogens is 2. The summed E-state index contributed by atoms with van der Waals surface area (Å²) in [6, 6.07) is 0. The molecule has 0 saturated heterocycles. The van der Waals surface area contributed by atoms with E-state index in [9.17, 15) is 9.59 Å². The van der Waals surface area contributed by atoms with Gasteiger partial charge in [0.25, 0.3) is 0 Å². The molecule has 20 heavy (non-hydrogen) atoms. The smallest absolute Gasteiger partial charge is 0.356 e. The van der Waals surface area contributed by atoms with Crippen LogP contribution in [0.15, 0.2) is 12.5 Å². The molecule has 0 radical (unpaired) electrons. The second-order valence-corrected chi connectivity index (χ2v) is 4.82. The summed E-state index contributed by atoms with van der Waals surface area (Å²) in [5.74, 6) is -0.986. The van der Waals surface area contributed by atoms with Gasteiger partial charge < -0.3 is 15.0 Å². The Bertz CT molecular complexity index is 429. The Hall–Kier alpha value is -1.85. The van der Waals surface area contributed by atoms with E-state index < -0.39 is 5.97 Å². The van der Waals surface area contributed by atoms with Crippen LogP contribution in [0.1, 0.15) is 55.9 Å². The van der Waals surface area contributed by atoms with E-state index in [1.54, 1.807) is 4.57 Å². The van der Waals surface area contributed by atoms with E-state index in [1.165, 1.54) is 31.8 Å². The fourth-order valence-corrected chi connectivity index (χ4v) is 1.89. The topological polar surface area (TPSA) is 84.2 Å². The third-order valence-corrected chi connectivity index (χ3v) is 3.05. The van der Waals surface area contributed by atoms with Gasteiger partial charge >= 0.3 is 5.97 Å². The van der Waals surface area contributed by atoms with Gasteiger partial charge in [-0.25, -0.2) is 9.78 Å². The molecule has 2 N–H and O–H groups in total. The van der Waals surface area contributed by atoms with E-state index >= 15 is 0 Å². The van der Waals surface area contributed by atoms with Crippen LogP contribution in [0, 0.1) is 0 Å². The van der Waals surface area contributed by atoms with Gasteiger partial charge in [-0.3, -0.25) is 4.79 Å². The normalized spacial score (nSPS) is 10.4. The van der Waals surface area contributed by atoms with Crippen LogP contribution in [0.3, 0.4) is 0 Å². The van der Waals surface area contributed by atoms with Crippen LogP contribution in [0.5, 0.6) is 0 Å². The zero-order chi connectivity index (χ0) is 14.8. The van der Waals surface area contributed by atoms with Gasteiger partial charge in [-0.15, -0.1) is 0 Å². The molecule has 0 atom stereocenters. The fraction of sp³-hybridized carbons (Fsp3) is 0.643. The number of carbonyl (C=O) groups is 2. The average molecular weight is 281 g/mol. The molecule has 0 aromatic carbocycles. The SMILES string of the molecule is CCCCCCCC(=O)NCCn1cnc(C(=O)O)c1. The van der Waals surface area contributed by atoms with E-state index in [0.29, 0.717) is 19.5 Å². The number of carboxylic acids is 1. The molecule has 1 heterocycles. The molecule has 0 unspecified atom stereocenters. The highest BCUT2D eigenvalue weighted by molar-refractivity contribution is 5.84. The van der Waals surface area contributed by atoms with Gasteiger partial charge in [0.1, 0.15) is 0 Å². The third-order valence-electron chi connectivity index (χ3n) is 3.05. The van der Waals surface area contributed by atoms with Crippen LogP contribution in [-0.4, -0.2) is 33.1 Å². The molecule has 0 aliphatic heterocycles. The Morgan fingerprint density at radius 3 is 2.70 bits per heavy atom. The van der Waals surface area contributed by atoms with Gasteiger partial charge in [-0.1, -0.05) is 32.6 Å². The molecule has 0 aliphatic rings. The van der Waals surface area contributed by atoms with Crippen molar-refractivity contribution in [1.82, 2.24) is 14.9 Å². The van der Waals surface area contributed by atoms with E-state index in [1.807, 2.05) is 0 Å². The first kappa shape index (κ1) is 16.2. The largest absolute Gasteiger partial charge is 0.476 e. The monoisotopic (exact) mass is 281 g/mol. The van der Waals surface area contributed by atoms with E-state index in [4.69, 9.17) is 5.11 Å². The van der Waals surface area contributed by atoms with Crippen LogP contribution in [-0.2, 0) is 11.3 Å². The number of carbonyl (C=O) groups excluding carboxylic acids is 1.